The van der Waals surface area contributed by atoms with Crippen molar-refractivity contribution in [1.82, 2.24) is 4.90 Å². The Morgan fingerprint density at radius 1 is 0.875 bits per heavy atom. The summed E-state index contributed by atoms with van der Waals surface area (Å²) in [4.78, 5) is 15.0. The number of aryl methyl sites for hydroxylation is 1. The molecule has 0 spiro atoms. The van der Waals surface area contributed by atoms with Gasteiger partial charge < -0.3 is 4.90 Å². The lowest BCUT2D eigenvalue weighted by molar-refractivity contribution is 0.0774. The summed E-state index contributed by atoms with van der Waals surface area (Å²) in [5.41, 5.74) is 4.14. The quantitative estimate of drug-likeness (QED) is 0.639. The second-order valence-corrected chi connectivity index (χ2v) is 6.00. The second kappa shape index (κ2) is 6.88. The average Bonchev–Trinajstić information content (AvgIpc) is 2.62. The highest BCUT2D eigenvalue weighted by molar-refractivity contribution is 6.10. The highest BCUT2D eigenvalue weighted by Crippen LogP contribution is 2.34. The summed E-state index contributed by atoms with van der Waals surface area (Å²) >= 11 is 0. The molecule has 122 valence electrons. The van der Waals surface area contributed by atoms with E-state index < -0.39 is 0 Å². The SMILES string of the molecule is CCN(CC)C(=O)c1ccc2ccccc2c1-c1ccccc1C. The van der Waals surface area contributed by atoms with E-state index >= 15 is 0 Å². The van der Waals surface area contributed by atoms with E-state index in [9.17, 15) is 4.79 Å². The van der Waals surface area contributed by atoms with Crippen molar-refractivity contribution in [3.63, 3.8) is 0 Å². The number of benzene rings is 3. The van der Waals surface area contributed by atoms with Crippen LogP contribution in [0.3, 0.4) is 0 Å². The van der Waals surface area contributed by atoms with Gasteiger partial charge in [-0.05, 0) is 48.7 Å². The maximum absolute atomic E-state index is 13.1. The molecule has 3 rings (SSSR count). The Bertz CT molecular complexity index is 878. The summed E-state index contributed by atoms with van der Waals surface area (Å²) in [6.45, 7) is 7.58. The number of fused-ring (bicyclic) bond motifs is 1. The van der Waals surface area contributed by atoms with Gasteiger partial charge in [0.15, 0.2) is 0 Å². The maximum Gasteiger partial charge on any atom is 0.254 e. The summed E-state index contributed by atoms with van der Waals surface area (Å²) in [5.74, 6) is 0.101. The van der Waals surface area contributed by atoms with E-state index in [2.05, 4.69) is 31.2 Å². The molecule has 3 aromatic carbocycles. The maximum atomic E-state index is 13.1. The fourth-order valence-electron chi connectivity index (χ4n) is 3.27. The molecule has 0 aliphatic carbocycles. The van der Waals surface area contributed by atoms with Crippen LogP contribution in [0.5, 0.6) is 0 Å². The molecular weight excluding hydrogens is 294 g/mol. The number of amides is 1. The van der Waals surface area contributed by atoms with Crippen LogP contribution in [0.2, 0.25) is 0 Å². The van der Waals surface area contributed by atoms with Crippen molar-refractivity contribution >= 4 is 16.7 Å². The first kappa shape index (κ1) is 16.3. The van der Waals surface area contributed by atoms with Crippen molar-refractivity contribution in [2.24, 2.45) is 0 Å². The van der Waals surface area contributed by atoms with Gasteiger partial charge in [0.25, 0.3) is 5.91 Å². The fourth-order valence-corrected chi connectivity index (χ4v) is 3.27. The van der Waals surface area contributed by atoms with E-state index in [1.54, 1.807) is 0 Å². The van der Waals surface area contributed by atoms with E-state index in [0.717, 1.165) is 40.6 Å². The van der Waals surface area contributed by atoms with Gasteiger partial charge in [-0.2, -0.15) is 0 Å². The predicted octanol–water partition coefficient (Wildman–Crippen LogP) is 5.30. The van der Waals surface area contributed by atoms with Crippen molar-refractivity contribution < 1.29 is 4.79 Å². The van der Waals surface area contributed by atoms with Crippen LogP contribution in [0.1, 0.15) is 29.8 Å². The molecule has 0 aliphatic rings. The van der Waals surface area contributed by atoms with Crippen LogP contribution < -0.4 is 0 Å². The van der Waals surface area contributed by atoms with Gasteiger partial charge in [-0.25, -0.2) is 0 Å². The molecule has 24 heavy (non-hydrogen) atoms. The topological polar surface area (TPSA) is 20.3 Å². The van der Waals surface area contributed by atoms with Crippen molar-refractivity contribution in [1.29, 1.82) is 0 Å². The molecule has 0 bridgehead atoms. The monoisotopic (exact) mass is 317 g/mol. The molecule has 0 saturated heterocycles. The number of rotatable bonds is 4. The Kier molecular flexibility index (Phi) is 4.66. The number of carbonyl (C=O) groups excluding carboxylic acids is 1. The molecule has 3 aromatic rings. The first-order chi connectivity index (χ1) is 11.7. The zero-order valence-electron chi connectivity index (χ0n) is 14.5. The van der Waals surface area contributed by atoms with E-state index in [-0.39, 0.29) is 5.91 Å². The molecule has 0 saturated carbocycles. The summed E-state index contributed by atoms with van der Waals surface area (Å²) in [6.07, 6.45) is 0. The Morgan fingerprint density at radius 3 is 2.25 bits per heavy atom. The lowest BCUT2D eigenvalue weighted by Gasteiger charge is -2.22. The molecule has 2 nitrogen and oxygen atoms in total. The third-order valence-electron chi connectivity index (χ3n) is 4.62. The molecule has 0 aliphatic heterocycles. The van der Waals surface area contributed by atoms with E-state index in [4.69, 9.17) is 0 Å². The van der Waals surface area contributed by atoms with Crippen molar-refractivity contribution in [3.8, 4) is 11.1 Å². The largest absolute Gasteiger partial charge is 0.339 e. The van der Waals surface area contributed by atoms with Gasteiger partial charge in [0, 0.05) is 24.2 Å². The van der Waals surface area contributed by atoms with E-state index in [1.165, 1.54) is 5.56 Å². The van der Waals surface area contributed by atoms with E-state index in [1.807, 2.05) is 55.1 Å². The standard InChI is InChI=1S/C22H23NO/c1-4-23(5-2)22(24)20-15-14-17-11-7-9-13-19(17)21(20)18-12-8-6-10-16(18)3/h6-15H,4-5H2,1-3H3. The van der Waals surface area contributed by atoms with Crippen LogP contribution in [0.25, 0.3) is 21.9 Å². The van der Waals surface area contributed by atoms with Crippen LogP contribution in [0.4, 0.5) is 0 Å². The van der Waals surface area contributed by atoms with Gasteiger partial charge in [0.05, 0.1) is 0 Å². The van der Waals surface area contributed by atoms with Crippen LogP contribution in [0, 0.1) is 6.92 Å². The summed E-state index contributed by atoms with van der Waals surface area (Å²) in [5, 5.41) is 2.29. The molecule has 0 radical (unpaired) electrons. The number of carbonyl (C=O) groups is 1. The molecule has 0 N–H and O–H groups in total. The smallest absolute Gasteiger partial charge is 0.254 e. The summed E-state index contributed by atoms with van der Waals surface area (Å²) in [7, 11) is 0. The minimum atomic E-state index is 0.101. The van der Waals surface area contributed by atoms with E-state index in [0.29, 0.717) is 0 Å². The van der Waals surface area contributed by atoms with Crippen LogP contribution in [0.15, 0.2) is 60.7 Å². The third kappa shape index (κ3) is 2.80. The normalized spacial score (nSPS) is 10.8. The third-order valence-corrected chi connectivity index (χ3v) is 4.62. The summed E-state index contributed by atoms with van der Waals surface area (Å²) < 4.78 is 0. The number of hydrogen-bond donors (Lipinski definition) is 0. The second-order valence-electron chi connectivity index (χ2n) is 6.00. The highest BCUT2D eigenvalue weighted by atomic mass is 16.2. The van der Waals surface area contributed by atoms with Gasteiger partial charge in [-0.3, -0.25) is 4.79 Å². The molecule has 0 atom stereocenters. The molecule has 0 fully saturated rings. The van der Waals surface area contributed by atoms with Crippen molar-refractivity contribution in [2.45, 2.75) is 20.8 Å². The summed E-state index contributed by atoms with van der Waals surface area (Å²) in [6, 6.07) is 20.6. The molecule has 1 amide bonds. The number of hydrogen-bond acceptors (Lipinski definition) is 1. The van der Waals surface area contributed by atoms with Gasteiger partial charge >= 0.3 is 0 Å². The highest BCUT2D eigenvalue weighted by Gasteiger charge is 2.20. The average molecular weight is 317 g/mol. The van der Waals surface area contributed by atoms with Crippen molar-refractivity contribution in [3.05, 3.63) is 71.8 Å². The fraction of sp³-hybridized carbons (Fsp3) is 0.227. The Labute approximate surface area is 143 Å². The molecule has 2 heteroatoms. The Morgan fingerprint density at radius 2 is 1.54 bits per heavy atom. The zero-order chi connectivity index (χ0) is 17.1. The Hall–Kier alpha value is -2.61. The van der Waals surface area contributed by atoms with Crippen LogP contribution in [-0.4, -0.2) is 23.9 Å². The van der Waals surface area contributed by atoms with Gasteiger partial charge in [-0.1, -0.05) is 54.6 Å². The zero-order valence-corrected chi connectivity index (χ0v) is 14.5. The van der Waals surface area contributed by atoms with Crippen LogP contribution >= 0.6 is 0 Å². The Balaban J connectivity index is 2.33. The van der Waals surface area contributed by atoms with Gasteiger partial charge in [0.1, 0.15) is 0 Å². The molecule has 0 heterocycles. The number of nitrogens with zero attached hydrogens (tertiary/aromatic N) is 1. The minimum Gasteiger partial charge on any atom is -0.339 e. The first-order valence-electron chi connectivity index (χ1n) is 8.54. The molecule has 0 unspecified atom stereocenters. The lowest BCUT2D eigenvalue weighted by Crippen LogP contribution is -2.30. The van der Waals surface area contributed by atoms with Crippen LogP contribution in [-0.2, 0) is 0 Å². The molecule has 0 aromatic heterocycles. The minimum absolute atomic E-state index is 0.101. The van der Waals surface area contributed by atoms with Gasteiger partial charge in [0.2, 0.25) is 0 Å². The lowest BCUT2D eigenvalue weighted by atomic mass is 9.90. The molecular formula is C22H23NO. The first-order valence-corrected chi connectivity index (χ1v) is 8.54. The van der Waals surface area contributed by atoms with Gasteiger partial charge in [-0.15, -0.1) is 0 Å². The predicted molar refractivity (Wildman–Crippen MR) is 101 cm³/mol. The van der Waals surface area contributed by atoms with Crippen molar-refractivity contribution in [2.75, 3.05) is 13.1 Å².